The molecule has 1 N–H and O–H groups in total. The fourth-order valence-electron chi connectivity index (χ4n) is 1.02. The smallest absolute Gasteiger partial charge is 0.0743 e. The van der Waals surface area contributed by atoms with Gasteiger partial charge >= 0.3 is 0 Å². The van der Waals surface area contributed by atoms with Crippen LogP contribution < -0.4 is 5.32 Å². The molecule has 0 heterocycles. The number of methoxy groups -OCH3 is 1. The van der Waals surface area contributed by atoms with Crippen LogP contribution in [0.15, 0.2) is 0 Å². The average molecular weight is 169 g/mol. The number of terminal acetylenes is 1. The predicted octanol–water partition coefficient (Wildman–Crippen LogP) is 1.41. The molecule has 0 spiro atoms. The number of hydrogen-bond donors (Lipinski definition) is 1. The Balaban J connectivity index is 3.69. The lowest BCUT2D eigenvalue weighted by atomic mass is 10.1. The highest BCUT2D eigenvalue weighted by atomic mass is 16.5. The van der Waals surface area contributed by atoms with E-state index in [1.165, 1.54) is 0 Å². The fraction of sp³-hybridized carbons (Fsp3) is 0.800. The second-order valence-electron chi connectivity index (χ2n) is 3.60. The van der Waals surface area contributed by atoms with Gasteiger partial charge in [0.15, 0.2) is 0 Å². The van der Waals surface area contributed by atoms with Gasteiger partial charge in [-0.15, -0.1) is 6.42 Å². The number of rotatable bonds is 5. The summed E-state index contributed by atoms with van der Waals surface area (Å²) in [4.78, 5) is 0. The predicted molar refractivity (Wildman–Crippen MR) is 52.0 cm³/mol. The van der Waals surface area contributed by atoms with E-state index in [-0.39, 0.29) is 5.54 Å². The lowest BCUT2D eigenvalue weighted by Crippen LogP contribution is -2.43. The van der Waals surface area contributed by atoms with Crippen molar-refractivity contribution in [2.24, 2.45) is 0 Å². The van der Waals surface area contributed by atoms with Gasteiger partial charge in [0.05, 0.1) is 5.54 Å². The molecular weight excluding hydrogens is 150 g/mol. The first-order valence-electron chi connectivity index (χ1n) is 4.26. The molecule has 1 unspecified atom stereocenters. The molecule has 0 amide bonds. The van der Waals surface area contributed by atoms with Gasteiger partial charge in [0.1, 0.15) is 0 Å². The number of hydrogen-bond acceptors (Lipinski definition) is 2. The van der Waals surface area contributed by atoms with Crippen LogP contribution in [0.4, 0.5) is 0 Å². The highest BCUT2D eigenvalue weighted by molar-refractivity contribution is 5.07. The first-order chi connectivity index (χ1) is 5.52. The van der Waals surface area contributed by atoms with Crippen LogP contribution in [0, 0.1) is 12.3 Å². The van der Waals surface area contributed by atoms with Crippen molar-refractivity contribution in [3.05, 3.63) is 0 Å². The molecule has 0 bridgehead atoms. The molecule has 0 aromatic heterocycles. The third kappa shape index (κ3) is 5.17. The molecule has 12 heavy (non-hydrogen) atoms. The van der Waals surface area contributed by atoms with Crippen molar-refractivity contribution >= 4 is 0 Å². The van der Waals surface area contributed by atoms with Crippen molar-refractivity contribution in [2.45, 2.75) is 38.8 Å². The summed E-state index contributed by atoms with van der Waals surface area (Å²) < 4.78 is 4.97. The third-order valence-corrected chi connectivity index (χ3v) is 1.72. The van der Waals surface area contributed by atoms with E-state index in [0.717, 1.165) is 13.0 Å². The maximum absolute atomic E-state index is 5.34. The fourth-order valence-corrected chi connectivity index (χ4v) is 1.02. The van der Waals surface area contributed by atoms with Crippen LogP contribution in [0.25, 0.3) is 0 Å². The summed E-state index contributed by atoms with van der Waals surface area (Å²) in [7, 11) is 1.71. The molecule has 1 atom stereocenters. The third-order valence-electron chi connectivity index (χ3n) is 1.72. The summed E-state index contributed by atoms with van der Waals surface area (Å²) in [5.41, 5.74) is -0.215. The second kappa shape index (κ2) is 5.18. The van der Waals surface area contributed by atoms with E-state index in [9.17, 15) is 0 Å². The monoisotopic (exact) mass is 169 g/mol. The van der Waals surface area contributed by atoms with Crippen LogP contribution in [-0.2, 0) is 4.74 Å². The Morgan fingerprint density at radius 3 is 2.58 bits per heavy atom. The molecule has 2 heteroatoms. The topological polar surface area (TPSA) is 21.3 Å². The molecule has 70 valence electrons. The first kappa shape index (κ1) is 11.5. The van der Waals surface area contributed by atoms with E-state index in [0.29, 0.717) is 6.04 Å². The zero-order valence-corrected chi connectivity index (χ0v) is 8.48. The zero-order chi connectivity index (χ0) is 9.61. The summed E-state index contributed by atoms with van der Waals surface area (Å²) in [6.45, 7) is 6.87. The molecule has 0 aromatic rings. The van der Waals surface area contributed by atoms with Crippen molar-refractivity contribution in [3.8, 4) is 12.3 Å². The van der Waals surface area contributed by atoms with Gasteiger partial charge in [-0.2, -0.15) is 0 Å². The lowest BCUT2D eigenvalue weighted by molar-refractivity contribution is 0.181. The van der Waals surface area contributed by atoms with E-state index >= 15 is 0 Å². The number of nitrogens with one attached hydrogen (secondary N) is 1. The Morgan fingerprint density at radius 2 is 2.17 bits per heavy atom. The minimum atomic E-state index is -0.215. The average Bonchev–Trinajstić information content (AvgIpc) is 2.00. The molecule has 0 aliphatic rings. The van der Waals surface area contributed by atoms with Gasteiger partial charge in [0.25, 0.3) is 0 Å². The summed E-state index contributed by atoms with van der Waals surface area (Å²) in [5.74, 6) is 2.70. The maximum atomic E-state index is 5.34. The Hall–Kier alpha value is -0.520. The first-order valence-corrected chi connectivity index (χ1v) is 4.26. The summed E-state index contributed by atoms with van der Waals surface area (Å²) in [6.07, 6.45) is 6.33. The highest BCUT2D eigenvalue weighted by Crippen LogP contribution is 2.03. The van der Waals surface area contributed by atoms with Crippen LogP contribution in [0.1, 0.15) is 27.2 Å². The lowest BCUT2D eigenvalue weighted by Gasteiger charge is -2.24. The Labute approximate surface area is 75.7 Å². The Morgan fingerprint density at radius 1 is 1.58 bits per heavy atom. The van der Waals surface area contributed by atoms with Gasteiger partial charge in [-0.1, -0.05) is 5.92 Å². The molecule has 0 saturated carbocycles. The minimum Gasteiger partial charge on any atom is -0.385 e. The van der Waals surface area contributed by atoms with Gasteiger partial charge in [0.2, 0.25) is 0 Å². The molecule has 0 rings (SSSR count). The van der Waals surface area contributed by atoms with E-state index in [1.54, 1.807) is 7.11 Å². The van der Waals surface area contributed by atoms with Crippen LogP contribution >= 0.6 is 0 Å². The normalized spacial score (nSPS) is 13.9. The maximum Gasteiger partial charge on any atom is 0.0743 e. The van der Waals surface area contributed by atoms with Crippen LogP contribution in [0.5, 0.6) is 0 Å². The van der Waals surface area contributed by atoms with Crippen molar-refractivity contribution in [1.29, 1.82) is 0 Å². The molecule has 0 saturated heterocycles. The summed E-state index contributed by atoms with van der Waals surface area (Å²) in [6, 6.07) is 0.399. The minimum absolute atomic E-state index is 0.215. The summed E-state index contributed by atoms with van der Waals surface area (Å²) in [5, 5.41) is 3.32. The van der Waals surface area contributed by atoms with E-state index < -0.39 is 0 Å². The molecule has 0 fully saturated rings. The van der Waals surface area contributed by atoms with Crippen molar-refractivity contribution in [1.82, 2.24) is 5.32 Å². The SMILES string of the molecule is C#CC(C)(C)NC(C)CCOC. The van der Waals surface area contributed by atoms with Gasteiger partial charge in [-0.05, 0) is 27.2 Å². The van der Waals surface area contributed by atoms with Crippen LogP contribution in [0.2, 0.25) is 0 Å². The zero-order valence-electron chi connectivity index (χ0n) is 8.48. The van der Waals surface area contributed by atoms with Gasteiger partial charge in [-0.3, -0.25) is 5.32 Å². The van der Waals surface area contributed by atoms with Gasteiger partial charge in [0, 0.05) is 19.8 Å². The van der Waals surface area contributed by atoms with Gasteiger partial charge in [-0.25, -0.2) is 0 Å². The second-order valence-corrected chi connectivity index (χ2v) is 3.60. The van der Waals surface area contributed by atoms with Gasteiger partial charge < -0.3 is 4.74 Å². The molecular formula is C10H19NO. The van der Waals surface area contributed by atoms with Crippen molar-refractivity contribution < 1.29 is 4.74 Å². The van der Waals surface area contributed by atoms with E-state index in [4.69, 9.17) is 11.2 Å². The molecule has 2 nitrogen and oxygen atoms in total. The van der Waals surface area contributed by atoms with E-state index in [1.807, 2.05) is 13.8 Å². The van der Waals surface area contributed by atoms with Crippen molar-refractivity contribution in [3.63, 3.8) is 0 Å². The number of ether oxygens (including phenoxy) is 1. The van der Waals surface area contributed by atoms with Crippen molar-refractivity contribution in [2.75, 3.05) is 13.7 Å². The van der Waals surface area contributed by atoms with Crippen LogP contribution in [0.3, 0.4) is 0 Å². The molecule has 0 radical (unpaired) electrons. The Kier molecular flexibility index (Phi) is 4.96. The standard InChI is InChI=1S/C10H19NO/c1-6-10(3,4)11-9(2)7-8-12-5/h1,9,11H,7-8H2,2-5H3. The molecule has 0 aromatic carbocycles. The summed E-state index contributed by atoms with van der Waals surface area (Å²) >= 11 is 0. The highest BCUT2D eigenvalue weighted by Gasteiger charge is 2.15. The molecule has 0 aliphatic heterocycles. The van der Waals surface area contributed by atoms with Crippen LogP contribution in [-0.4, -0.2) is 25.3 Å². The molecule has 0 aliphatic carbocycles. The largest absolute Gasteiger partial charge is 0.385 e. The van der Waals surface area contributed by atoms with E-state index in [2.05, 4.69) is 18.2 Å². The quantitative estimate of drug-likeness (QED) is 0.628. The Bertz CT molecular complexity index is 158.